The summed E-state index contributed by atoms with van der Waals surface area (Å²) in [7, 11) is 3.21. The number of benzene rings is 1. The Morgan fingerprint density at radius 1 is 0.962 bits per heavy atom. The van der Waals surface area contributed by atoms with E-state index in [9.17, 15) is 4.79 Å². The van der Waals surface area contributed by atoms with Gasteiger partial charge >= 0.3 is 5.97 Å². The van der Waals surface area contributed by atoms with Gasteiger partial charge in [0.05, 0.1) is 25.3 Å². The van der Waals surface area contributed by atoms with Gasteiger partial charge in [0.1, 0.15) is 11.5 Å². The molecule has 0 atom stereocenters. The summed E-state index contributed by atoms with van der Waals surface area (Å²) >= 11 is 0. The lowest BCUT2D eigenvalue weighted by atomic mass is 9.97. The highest BCUT2D eigenvalue weighted by Gasteiger charge is 2.26. The van der Waals surface area contributed by atoms with Crippen LogP contribution in [-0.4, -0.2) is 24.6 Å². The highest BCUT2D eigenvalue weighted by Crippen LogP contribution is 2.38. The van der Waals surface area contributed by atoms with Gasteiger partial charge in [-0.15, -0.1) is 0 Å². The Morgan fingerprint density at radius 2 is 1.62 bits per heavy atom. The lowest BCUT2D eigenvalue weighted by Gasteiger charge is -2.17. The molecule has 2 aromatic heterocycles. The Morgan fingerprint density at radius 3 is 2.19 bits per heavy atom. The first kappa shape index (κ1) is 17.9. The van der Waals surface area contributed by atoms with Crippen molar-refractivity contribution >= 4 is 11.5 Å². The monoisotopic (exact) mass is 353 g/mol. The molecule has 1 aromatic carbocycles. The van der Waals surface area contributed by atoms with Crippen molar-refractivity contribution in [2.45, 2.75) is 20.8 Å². The largest absolute Gasteiger partial charge is 0.497 e. The van der Waals surface area contributed by atoms with Crippen molar-refractivity contribution in [2.75, 3.05) is 14.2 Å². The van der Waals surface area contributed by atoms with Crippen LogP contribution in [0.5, 0.6) is 17.2 Å². The fourth-order valence-corrected chi connectivity index (χ4v) is 2.66. The fraction of sp³-hybridized carbons (Fsp3) is 0.286. The SMILES string of the molecule is COc1cc(OC)cc(-c2c(OC(=O)C(C)(C)C)cc3ccccn23)c1. The summed E-state index contributed by atoms with van der Waals surface area (Å²) in [5.41, 5.74) is 1.94. The van der Waals surface area contributed by atoms with Crippen molar-refractivity contribution in [1.29, 1.82) is 0 Å². The molecule has 0 aliphatic rings. The summed E-state index contributed by atoms with van der Waals surface area (Å²) < 4.78 is 18.5. The summed E-state index contributed by atoms with van der Waals surface area (Å²) in [6.45, 7) is 5.50. The molecule has 5 heteroatoms. The second-order valence-corrected chi connectivity index (χ2v) is 7.09. The number of aromatic nitrogens is 1. The topological polar surface area (TPSA) is 49.2 Å². The number of esters is 1. The first-order valence-corrected chi connectivity index (χ1v) is 8.39. The van der Waals surface area contributed by atoms with Crippen LogP contribution >= 0.6 is 0 Å². The van der Waals surface area contributed by atoms with Crippen LogP contribution in [0.4, 0.5) is 0 Å². The average molecular weight is 353 g/mol. The highest BCUT2D eigenvalue weighted by molar-refractivity contribution is 5.83. The number of ether oxygens (including phenoxy) is 3. The van der Waals surface area contributed by atoms with Crippen LogP contribution in [0.3, 0.4) is 0 Å². The number of methoxy groups -OCH3 is 2. The maximum atomic E-state index is 12.5. The molecule has 3 aromatic rings. The number of fused-ring (bicyclic) bond motifs is 1. The Bertz CT molecular complexity index is 928. The summed E-state index contributed by atoms with van der Waals surface area (Å²) in [5.74, 6) is 1.55. The predicted molar refractivity (Wildman–Crippen MR) is 101 cm³/mol. The van der Waals surface area contributed by atoms with Gasteiger partial charge in [-0.25, -0.2) is 0 Å². The first-order valence-electron chi connectivity index (χ1n) is 8.39. The van der Waals surface area contributed by atoms with E-state index >= 15 is 0 Å². The normalized spacial score (nSPS) is 11.4. The molecule has 0 saturated carbocycles. The van der Waals surface area contributed by atoms with Crippen molar-refractivity contribution in [1.82, 2.24) is 4.40 Å². The second kappa shape index (κ2) is 6.75. The number of carbonyl (C=O) groups excluding carboxylic acids is 1. The van der Waals surface area contributed by atoms with Gasteiger partial charge in [0, 0.05) is 29.4 Å². The van der Waals surface area contributed by atoms with E-state index in [2.05, 4.69) is 0 Å². The third-order valence-corrected chi connectivity index (χ3v) is 4.08. The van der Waals surface area contributed by atoms with Crippen molar-refractivity contribution in [3.63, 3.8) is 0 Å². The van der Waals surface area contributed by atoms with E-state index in [1.54, 1.807) is 20.3 Å². The molecular formula is C21H23NO4. The van der Waals surface area contributed by atoms with Gasteiger partial charge in [0.2, 0.25) is 0 Å². The molecule has 0 aliphatic carbocycles. The van der Waals surface area contributed by atoms with Crippen LogP contribution in [0.25, 0.3) is 16.8 Å². The maximum absolute atomic E-state index is 12.5. The van der Waals surface area contributed by atoms with Crippen molar-refractivity contribution in [2.24, 2.45) is 5.41 Å². The zero-order valence-corrected chi connectivity index (χ0v) is 15.7. The summed E-state index contributed by atoms with van der Waals surface area (Å²) in [6, 6.07) is 13.3. The zero-order valence-electron chi connectivity index (χ0n) is 15.7. The quantitative estimate of drug-likeness (QED) is 0.645. The molecule has 0 saturated heterocycles. The molecule has 136 valence electrons. The molecule has 5 nitrogen and oxygen atoms in total. The summed E-state index contributed by atoms with van der Waals surface area (Å²) in [4.78, 5) is 12.5. The van der Waals surface area contributed by atoms with E-state index in [0.29, 0.717) is 17.2 Å². The molecule has 0 fully saturated rings. The standard InChI is InChI=1S/C21H23NO4/c1-21(2,3)20(23)26-18-12-15-8-6-7-9-22(15)19(18)14-10-16(24-4)13-17(11-14)25-5/h6-13H,1-5H3. The van der Waals surface area contributed by atoms with Crippen LogP contribution in [0.15, 0.2) is 48.7 Å². The first-order chi connectivity index (χ1) is 12.3. The molecular weight excluding hydrogens is 330 g/mol. The predicted octanol–water partition coefficient (Wildman–Crippen LogP) is 4.58. The molecule has 2 heterocycles. The minimum Gasteiger partial charge on any atom is -0.497 e. The number of rotatable bonds is 4. The van der Waals surface area contributed by atoms with Gasteiger partial charge in [-0.1, -0.05) is 6.07 Å². The van der Waals surface area contributed by atoms with Gasteiger partial charge in [-0.05, 0) is 45.0 Å². The smallest absolute Gasteiger partial charge is 0.316 e. The third-order valence-electron chi connectivity index (χ3n) is 4.08. The van der Waals surface area contributed by atoms with E-state index in [1.165, 1.54) is 0 Å². The summed E-state index contributed by atoms with van der Waals surface area (Å²) in [5, 5.41) is 0. The van der Waals surface area contributed by atoms with E-state index in [1.807, 2.05) is 67.8 Å². The molecule has 0 N–H and O–H groups in total. The van der Waals surface area contributed by atoms with Gasteiger partial charge in [-0.2, -0.15) is 0 Å². The van der Waals surface area contributed by atoms with Crippen LogP contribution in [0.2, 0.25) is 0 Å². The number of carbonyl (C=O) groups is 1. The Labute approximate surface area is 153 Å². The van der Waals surface area contributed by atoms with Gasteiger partial charge < -0.3 is 18.6 Å². The van der Waals surface area contributed by atoms with Crippen molar-refractivity contribution < 1.29 is 19.0 Å². The number of hydrogen-bond donors (Lipinski definition) is 0. The van der Waals surface area contributed by atoms with E-state index < -0.39 is 5.41 Å². The van der Waals surface area contributed by atoms with Gasteiger partial charge in [0.15, 0.2) is 5.75 Å². The minimum absolute atomic E-state index is 0.287. The number of hydrogen-bond acceptors (Lipinski definition) is 4. The van der Waals surface area contributed by atoms with Crippen molar-refractivity contribution in [3.8, 4) is 28.5 Å². The molecule has 0 amide bonds. The van der Waals surface area contributed by atoms with Crippen molar-refractivity contribution in [3.05, 3.63) is 48.7 Å². The molecule has 0 radical (unpaired) electrons. The van der Waals surface area contributed by atoms with E-state index in [-0.39, 0.29) is 5.97 Å². The average Bonchev–Trinajstić information content (AvgIpc) is 2.98. The Balaban J connectivity index is 2.21. The van der Waals surface area contributed by atoms with E-state index in [4.69, 9.17) is 14.2 Å². The Kier molecular flexibility index (Phi) is 4.64. The zero-order chi connectivity index (χ0) is 18.9. The maximum Gasteiger partial charge on any atom is 0.316 e. The molecule has 0 bridgehead atoms. The van der Waals surface area contributed by atoms with Gasteiger partial charge in [-0.3, -0.25) is 4.79 Å². The Hall–Kier alpha value is -2.95. The van der Waals surface area contributed by atoms with Crippen LogP contribution in [0, 0.1) is 5.41 Å². The van der Waals surface area contributed by atoms with E-state index in [0.717, 1.165) is 16.8 Å². The van der Waals surface area contributed by atoms with Gasteiger partial charge in [0.25, 0.3) is 0 Å². The molecule has 0 unspecified atom stereocenters. The minimum atomic E-state index is -0.600. The fourth-order valence-electron chi connectivity index (χ4n) is 2.66. The second-order valence-electron chi connectivity index (χ2n) is 7.09. The van der Waals surface area contributed by atoms with Crippen LogP contribution in [0.1, 0.15) is 20.8 Å². The molecule has 0 aliphatic heterocycles. The highest BCUT2D eigenvalue weighted by atomic mass is 16.5. The molecule has 26 heavy (non-hydrogen) atoms. The third kappa shape index (κ3) is 3.38. The van der Waals surface area contributed by atoms with Crippen LogP contribution < -0.4 is 14.2 Å². The molecule has 0 spiro atoms. The number of nitrogens with zero attached hydrogens (tertiary/aromatic N) is 1. The molecule has 3 rings (SSSR count). The lowest BCUT2D eigenvalue weighted by molar-refractivity contribution is -0.142. The summed E-state index contributed by atoms with van der Waals surface area (Å²) in [6.07, 6.45) is 1.94. The lowest BCUT2D eigenvalue weighted by Crippen LogP contribution is -2.25. The van der Waals surface area contributed by atoms with Crippen LogP contribution in [-0.2, 0) is 4.79 Å². The number of pyridine rings is 1.